The van der Waals surface area contributed by atoms with Gasteiger partial charge in [-0.15, -0.1) is 0 Å². The predicted octanol–water partition coefficient (Wildman–Crippen LogP) is 2.88. The van der Waals surface area contributed by atoms with Crippen molar-refractivity contribution in [3.05, 3.63) is 47.8 Å². The van der Waals surface area contributed by atoms with Gasteiger partial charge in [-0.2, -0.15) is 0 Å². The zero-order valence-electron chi connectivity index (χ0n) is 11.6. The van der Waals surface area contributed by atoms with Crippen LogP contribution >= 0.6 is 0 Å². The van der Waals surface area contributed by atoms with Crippen LogP contribution in [0.2, 0.25) is 0 Å². The normalized spacial score (nSPS) is 18.2. The lowest BCUT2D eigenvalue weighted by Crippen LogP contribution is -2.17. The number of fused-ring (bicyclic) bond motifs is 1. The first-order valence-electron chi connectivity index (χ1n) is 6.90. The molecular formula is C16H21N3. The second-order valence-corrected chi connectivity index (χ2v) is 5.50. The van der Waals surface area contributed by atoms with E-state index in [4.69, 9.17) is 5.73 Å². The van der Waals surface area contributed by atoms with Crippen molar-refractivity contribution in [2.45, 2.75) is 25.3 Å². The Bertz CT molecular complexity index is 566. The number of anilines is 1. The molecule has 1 aliphatic rings. The van der Waals surface area contributed by atoms with Gasteiger partial charge in [0.15, 0.2) is 0 Å². The summed E-state index contributed by atoms with van der Waals surface area (Å²) in [6.07, 6.45) is 5.58. The lowest BCUT2D eigenvalue weighted by atomic mass is 9.93. The predicted molar refractivity (Wildman–Crippen MR) is 80.0 cm³/mol. The fourth-order valence-electron chi connectivity index (χ4n) is 2.88. The van der Waals surface area contributed by atoms with Crippen LogP contribution in [0.5, 0.6) is 0 Å². The van der Waals surface area contributed by atoms with Crippen molar-refractivity contribution >= 4 is 5.69 Å². The minimum atomic E-state index is 0.214. The highest BCUT2D eigenvalue weighted by Gasteiger charge is 2.20. The van der Waals surface area contributed by atoms with Crippen LogP contribution in [0.1, 0.15) is 30.1 Å². The Morgan fingerprint density at radius 3 is 2.58 bits per heavy atom. The maximum Gasteiger partial charge on any atom is 0.0453 e. The van der Waals surface area contributed by atoms with E-state index in [1.807, 2.05) is 0 Å². The van der Waals surface area contributed by atoms with E-state index in [-0.39, 0.29) is 6.04 Å². The molecule has 0 aliphatic heterocycles. The first kappa shape index (κ1) is 12.3. The quantitative estimate of drug-likeness (QED) is 0.895. The van der Waals surface area contributed by atoms with Gasteiger partial charge in [0.2, 0.25) is 0 Å². The molecule has 0 fully saturated rings. The van der Waals surface area contributed by atoms with E-state index >= 15 is 0 Å². The molecule has 1 heterocycles. The van der Waals surface area contributed by atoms with Crippen LogP contribution in [0.25, 0.3) is 5.69 Å². The van der Waals surface area contributed by atoms with Crippen LogP contribution in [-0.2, 0) is 6.42 Å². The Balaban J connectivity index is 1.98. The lowest BCUT2D eigenvalue weighted by Gasteiger charge is -2.21. The van der Waals surface area contributed by atoms with Gasteiger partial charge in [-0.3, -0.25) is 0 Å². The molecule has 1 aromatic heterocycles. The van der Waals surface area contributed by atoms with Crippen LogP contribution in [0.3, 0.4) is 0 Å². The molecule has 1 aromatic carbocycles. The molecule has 0 radical (unpaired) electrons. The Morgan fingerprint density at radius 1 is 1.16 bits per heavy atom. The number of nitrogens with zero attached hydrogens (tertiary/aromatic N) is 2. The van der Waals surface area contributed by atoms with Crippen molar-refractivity contribution in [3.63, 3.8) is 0 Å². The van der Waals surface area contributed by atoms with Gasteiger partial charge in [0, 0.05) is 43.4 Å². The van der Waals surface area contributed by atoms with Gasteiger partial charge in [0.05, 0.1) is 0 Å². The highest BCUT2D eigenvalue weighted by Crippen LogP contribution is 2.30. The first-order valence-corrected chi connectivity index (χ1v) is 6.90. The van der Waals surface area contributed by atoms with Crippen molar-refractivity contribution in [2.24, 2.45) is 5.73 Å². The summed E-state index contributed by atoms with van der Waals surface area (Å²) in [6, 6.07) is 11.1. The third-order valence-corrected chi connectivity index (χ3v) is 4.00. The summed E-state index contributed by atoms with van der Waals surface area (Å²) in [4.78, 5) is 2.12. The molecule has 3 heteroatoms. The lowest BCUT2D eigenvalue weighted by molar-refractivity contribution is 0.560. The number of hydrogen-bond donors (Lipinski definition) is 1. The van der Waals surface area contributed by atoms with E-state index < -0.39 is 0 Å². The van der Waals surface area contributed by atoms with Gasteiger partial charge in [-0.1, -0.05) is 0 Å². The topological polar surface area (TPSA) is 34.2 Å². The fraction of sp³-hybridized carbons (Fsp3) is 0.375. The second kappa shape index (κ2) is 4.74. The van der Waals surface area contributed by atoms with E-state index in [0.29, 0.717) is 0 Å². The molecule has 3 nitrogen and oxygen atoms in total. The van der Waals surface area contributed by atoms with Gasteiger partial charge >= 0.3 is 0 Å². The molecule has 0 bridgehead atoms. The smallest absolute Gasteiger partial charge is 0.0453 e. The second-order valence-electron chi connectivity index (χ2n) is 5.50. The van der Waals surface area contributed by atoms with Gasteiger partial charge in [-0.25, -0.2) is 0 Å². The summed E-state index contributed by atoms with van der Waals surface area (Å²) in [5.41, 5.74) is 11.3. The molecule has 2 aromatic rings. The summed E-state index contributed by atoms with van der Waals surface area (Å²) in [5, 5.41) is 0. The van der Waals surface area contributed by atoms with Crippen molar-refractivity contribution in [2.75, 3.05) is 19.0 Å². The average Bonchev–Trinajstić information content (AvgIpc) is 2.84. The highest BCUT2D eigenvalue weighted by molar-refractivity contribution is 5.51. The number of rotatable bonds is 2. The maximum atomic E-state index is 6.18. The molecule has 0 saturated heterocycles. The van der Waals surface area contributed by atoms with E-state index in [2.05, 4.69) is 60.1 Å². The zero-order valence-corrected chi connectivity index (χ0v) is 11.6. The summed E-state index contributed by atoms with van der Waals surface area (Å²) >= 11 is 0. The number of hydrogen-bond acceptors (Lipinski definition) is 2. The Hall–Kier alpha value is -1.74. The average molecular weight is 255 g/mol. The van der Waals surface area contributed by atoms with E-state index in [1.165, 1.54) is 29.1 Å². The largest absolute Gasteiger partial charge is 0.378 e. The molecule has 0 spiro atoms. The Morgan fingerprint density at radius 2 is 1.89 bits per heavy atom. The van der Waals surface area contributed by atoms with Crippen molar-refractivity contribution in [1.29, 1.82) is 0 Å². The molecule has 2 N–H and O–H groups in total. The van der Waals surface area contributed by atoms with Crippen LogP contribution in [-0.4, -0.2) is 18.7 Å². The van der Waals surface area contributed by atoms with Gasteiger partial charge in [0.1, 0.15) is 0 Å². The van der Waals surface area contributed by atoms with Crippen LogP contribution in [0.15, 0.2) is 36.5 Å². The molecule has 19 heavy (non-hydrogen) atoms. The van der Waals surface area contributed by atoms with Crippen molar-refractivity contribution < 1.29 is 0 Å². The molecule has 3 rings (SSSR count). The molecule has 0 amide bonds. The third-order valence-electron chi connectivity index (χ3n) is 4.00. The first-order chi connectivity index (χ1) is 9.16. The SMILES string of the molecule is CN(C)c1ccc(-n2ccc3c2CCCC3N)cc1. The van der Waals surface area contributed by atoms with Gasteiger partial charge in [0.25, 0.3) is 0 Å². The highest BCUT2D eigenvalue weighted by atomic mass is 15.1. The summed E-state index contributed by atoms with van der Waals surface area (Å²) in [5.74, 6) is 0. The third kappa shape index (κ3) is 2.15. The van der Waals surface area contributed by atoms with E-state index in [0.717, 1.165) is 12.8 Å². The maximum absolute atomic E-state index is 6.18. The van der Waals surface area contributed by atoms with E-state index in [9.17, 15) is 0 Å². The minimum Gasteiger partial charge on any atom is -0.378 e. The van der Waals surface area contributed by atoms with Crippen molar-refractivity contribution in [1.82, 2.24) is 4.57 Å². The number of nitrogens with two attached hydrogens (primary N) is 1. The summed E-state index contributed by atoms with van der Waals surface area (Å²) in [6.45, 7) is 0. The number of benzene rings is 1. The molecule has 1 unspecified atom stereocenters. The van der Waals surface area contributed by atoms with Crippen LogP contribution < -0.4 is 10.6 Å². The fourth-order valence-corrected chi connectivity index (χ4v) is 2.88. The Kier molecular flexibility index (Phi) is 3.07. The van der Waals surface area contributed by atoms with Gasteiger partial charge in [-0.05, 0) is 55.2 Å². The standard InChI is InChI=1S/C16H21N3/c1-18(2)12-6-8-13(9-7-12)19-11-10-14-15(17)4-3-5-16(14)19/h6-11,15H,3-5,17H2,1-2H3. The summed E-state index contributed by atoms with van der Waals surface area (Å²) < 4.78 is 2.29. The van der Waals surface area contributed by atoms with Gasteiger partial charge < -0.3 is 15.2 Å². The number of aromatic nitrogens is 1. The van der Waals surface area contributed by atoms with E-state index in [1.54, 1.807) is 0 Å². The molecular weight excluding hydrogens is 234 g/mol. The minimum absolute atomic E-state index is 0.214. The molecule has 100 valence electrons. The van der Waals surface area contributed by atoms with Crippen molar-refractivity contribution in [3.8, 4) is 5.69 Å². The Labute approximate surface area is 114 Å². The summed E-state index contributed by atoms with van der Waals surface area (Å²) in [7, 11) is 4.12. The zero-order chi connectivity index (χ0) is 13.4. The molecule has 1 atom stereocenters. The monoisotopic (exact) mass is 255 g/mol. The molecule has 0 saturated carbocycles. The van der Waals surface area contributed by atoms with Crippen LogP contribution in [0, 0.1) is 0 Å². The molecule has 1 aliphatic carbocycles. The van der Waals surface area contributed by atoms with Crippen LogP contribution in [0.4, 0.5) is 5.69 Å².